The number of nitrogens with zero attached hydrogens (tertiary/aromatic N) is 1. The highest BCUT2D eigenvalue weighted by molar-refractivity contribution is 8.00. The van der Waals surface area contributed by atoms with Crippen LogP contribution < -0.4 is 10.2 Å². The number of hydrogen-bond donors (Lipinski definition) is 1. The molecule has 2 atom stereocenters. The first-order valence-electron chi connectivity index (χ1n) is 6.66. The maximum absolute atomic E-state index is 11.6. The number of ether oxygens (including phenoxy) is 1. The Hall–Kier alpha value is -1.36. The predicted octanol–water partition coefficient (Wildman–Crippen LogP) is 2.95. The molecular formula is C14H18N2O2S. The highest BCUT2D eigenvalue weighted by Crippen LogP contribution is 2.30. The largest absolute Gasteiger partial charge is 0.447 e. The Morgan fingerprint density at radius 1 is 1.47 bits per heavy atom. The zero-order valence-corrected chi connectivity index (χ0v) is 11.8. The van der Waals surface area contributed by atoms with Gasteiger partial charge in [0.15, 0.2) is 0 Å². The fourth-order valence-corrected chi connectivity index (χ4v) is 3.73. The van der Waals surface area contributed by atoms with Crippen LogP contribution >= 0.6 is 11.8 Å². The smallest absolute Gasteiger partial charge is 0.414 e. The van der Waals surface area contributed by atoms with E-state index in [2.05, 4.69) is 18.3 Å². The predicted molar refractivity (Wildman–Crippen MR) is 79.1 cm³/mol. The Kier molecular flexibility index (Phi) is 3.55. The van der Waals surface area contributed by atoms with Crippen molar-refractivity contribution < 1.29 is 9.53 Å². The van der Waals surface area contributed by atoms with Crippen molar-refractivity contribution in [2.24, 2.45) is 0 Å². The monoisotopic (exact) mass is 278 g/mol. The Labute approximate surface area is 117 Å². The van der Waals surface area contributed by atoms with Gasteiger partial charge in [0, 0.05) is 22.7 Å². The van der Waals surface area contributed by atoms with E-state index in [-0.39, 0.29) is 6.09 Å². The van der Waals surface area contributed by atoms with Gasteiger partial charge in [-0.3, -0.25) is 4.90 Å². The van der Waals surface area contributed by atoms with Crippen LogP contribution in [0.2, 0.25) is 0 Å². The van der Waals surface area contributed by atoms with Gasteiger partial charge in [-0.1, -0.05) is 13.0 Å². The van der Waals surface area contributed by atoms with Gasteiger partial charge in [-0.25, -0.2) is 4.79 Å². The van der Waals surface area contributed by atoms with Gasteiger partial charge >= 0.3 is 6.09 Å². The van der Waals surface area contributed by atoms with Crippen LogP contribution in [0.15, 0.2) is 24.3 Å². The number of amides is 1. The van der Waals surface area contributed by atoms with Gasteiger partial charge in [-0.2, -0.15) is 11.8 Å². The van der Waals surface area contributed by atoms with Gasteiger partial charge in [0.25, 0.3) is 0 Å². The van der Waals surface area contributed by atoms with Gasteiger partial charge in [0.2, 0.25) is 0 Å². The first-order chi connectivity index (χ1) is 9.24. The second-order valence-corrected chi connectivity index (χ2v) is 6.42. The summed E-state index contributed by atoms with van der Waals surface area (Å²) < 4.78 is 4.97. The summed E-state index contributed by atoms with van der Waals surface area (Å²) >= 11 is 2.01. The average molecular weight is 278 g/mol. The number of nitrogens with one attached hydrogen (secondary N) is 1. The summed E-state index contributed by atoms with van der Waals surface area (Å²) in [7, 11) is 0. The number of anilines is 2. The van der Waals surface area contributed by atoms with E-state index in [1.807, 2.05) is 30.0 Å². The lowest BCUT2D eigenvalue weighted by Crippen LogP contribution is -2.26. The Morgan fingerprint density at radius 2 is 2.37 bits per heavy atom. The molecule has 5 heteroatoms. The summed E-state index contributed by atoms with van der Waals surface area (Å²) in [6.45, 7) is 3.38. The molecule has 0 bridgehead atoms. The topological polar surface area (TPSA) is 41.6 Å². The summed E-state index contributed by atoms with van der Waals surface area (Å²) in [4.78, 5) is 13.2. The van der Waals surface area contributed by atoms with Crippen molar-refractivity contribution in [2.45, 2.75) is 24.6 Å². The molecule has 3 rings (SSSR count). The van der Waals surface area contributed by atoms with Gasteiger partial charge in [-0.05, 0) is 30.4 Å². The quantitative estimate of drug-likeness (QED) is 0.923. The second kappa shape index (κ2) is 5.33. The average Bonchev–Trinajstić information content (AvgIpc) is 3.00. The van der Waals surface area contributed by atoms with E-state index in [0.29, 0.717) is 24.4 Å². The number of cyclic esters (lactones) is 1. The maximum Gasteiger partial charge on any atom is 0.414 e. The molecule has 2 aliphatic rings. The molecule has 2 fully saturated rings. The third-order valence-corrected chi connectivity index (χ3v) is 4.97. The van der Waals surface area contributed by atoms with Crippen LogP contribution in [0.5, 0.6) is 0 Å². The molecule has 1 aromatic carbocycles. The molecule has 0 saturated carbocycles. The van der Waals surface area contributed by atoms with E-state index in [9.17, 15) is 4.79 Å². The molecule has 4 nitrogen and oxygen atoms in total. The van der Waals surface area contributed by atoms with E-state index >= 15 is 0 Å². The van der Waals surface area contributed by atoms with Crippen LogP contribution in [0.4, 0.5) is 16.2 Å². The third kappa shape index (κ3) is 2.66. The zero-order chi connectivity index (χ0) is 13.2. The van der Waals surface area contributed by atoms with Crippen LogP contribution in [0.1, 0.15) is 13.3 Å². The summed E-state index contributed by atoms with van der Waals surface area (Å²) in [5, 5.41) is 4.21. The third-order valence-electron chi connectivity index (χ3n) is 3.65. The maximum atomic E-state index is 11.6. The number of thioether (sulfide) groups is 1. The molecule has 2 unspecified atom stereocenters. The van der Waals surface area contributed by atoms with Gasteiger partial charge < -0.3 is 10.1 Å². The van der Waals surface area contributed by atoms with Crippen LogP contribution in [0.3, 0.4) is 0 Å². The molecule has 0 aliphatic carbocycles. The Bertz CT molecular complexity index is 480. The van der Waals surface area contributed by atoms with E-state index in [0.717, 1.165) is 11.4 Å². The molecule has 0 spiro atoms. The van der Waals surface area contributed by atoms with Crippen molar-refractivity contribution >= 4 is 29.2 Å². The Balaban J connectivity index is 1.74. The molecular weight excluding hydrogens is 260 g/mol. The van der Waals surface area contributed by atoms with Crippen LogP contribution in [-0.2, 0) is 4.74 Å². The number of hydrogen-bond acceptors (Lipinski definition) is 4. The normalized spacial score (nSPS) is 26.6. The minimum absolute atomic E-state index is 0.248. The first kappa shape index (κ1) is 12.7. The number of carbonyl (C=O) groups excluding carboxylic acids is 1. The molecule has 102 valence electrons. The fraction of sp³-hybridized carbons (Fsp3) is 0.500. The lowest BCUT2D eigenvalue weighted by atomic mass is 10.1. The summed E-state index contributed by atoms with van der Waals surface area (Å²) in [6, 6.07) is 8.54. The second-order valence-electron chi connectivity index (χ2n) is 4.93. The molecule has 2 heterocycles. The standard InChI is InChI=1S/C14H18N2O2S/c1-10-13(5-8-19-10)15-11-3-2-4-12(9-11)16-6-7-18-14(16)17/h2-4,9-10,13,15H,5-8H2,1H3. The molecule has 1 amide bonds. The van der Waals surface area contributed by atoms with Crippen molar-refractivity contribution in [3.63, 3.8) is 0 Å². The molecule has 0 radical (unpaired) electrons. The SMILES string of the molecule is CC1SCCC1Nc1cccc(N2CCOC2=O)c1. The number of rotatable bonds is 3. The van der Waals surface area contributed by atoms with Gasteiger partial charge in [0.05, 0.1) is 6.54 Å². The highest BCUT2D eigenvalue weighted by atomic mass is 32.2. The highest BCUT2D eigenvalue weighted by Gasteiger charge is 2.25. The molecule has 2 saturated heterocycles. The van der Waals surface area contributed by atoms with Crippen LogP contribution in [0.25, 0.3) is 0 Å². The molecule has 1 aromatic rings. The fourth-order valence-electron chi connectivity index (χ4n) is 2.53. The van der Waals surface area contributed by atoms with Crippen LogP contribution in [0, 0.1) is 0 Å². The number of benzene rings is 1. The van der Waals surface area contributed by atoms with Crippen LogP contribution in [-0.4, -0.2) is 36.3 Å². The number of carbonyl (C=O) groups is 1. The Morgan fingerprint density at radius 3 is 3.05 bits per heavy atom. The lowest BCUT2D eigenvalue weighted by molar-refractivity contribution is 0.181. The van der Waals surface area contributed by atoms with Crippen molar-refractivity contribution in [3.05, 3.63) is 24.3 Å². The van der Waals surface area contributed by atoms with Gasteiger partial charge in [-0.15, -0.1) is 0 Å². The molecule has 1 N–H and O–H groups in total. The summed E-state index contributed by atoms with van der Waals surface area (Å²) in [6.07, 6.45) is 0.948. The molecule has 19 heavy (non-hydrogen) atoms. The first-order valence-corrected chi connectivity index (χ1v) is 7.71. The van der Waals surface area contributed by atoms with Crippen molar-refractivity contribution in [1.82, 2.24) is 0 Å². The molecule has 2 aliphatic heterocycles. The minimum Gasteiger partial charge on any atom is -0.447 e. The minimum atomic E-state index is -0.248. The summed E-state index contributed by atoms with van der Waals surface area (Å²) in [5.74, 6) is 1.22. The van der Waals surface area contributed by atoms with E-state index < -0.39 is 0 Å². The van der Waals surface area contributed by atoms with Crippen molar-refractivity contribution in [3.8, 4) is 0 Å². The van der Waals surface area contributed by atoms with E-state index in [1.54, 1.807) is 4.90 Å². The molecule has 0 aromatic heterocycles. The van der Waals surface area contributed by atoms with Gasteiger partial charge in [0.1, 0.15) is 6.61 Å². The zero-order valence-electron chi connectivity index (χ0n) is 11.0. The van der Waals surface area contributed by atoms with Crippen molar-refractivity contribution in [2.75, 3.05) is 29.1 Å². The van der Waals surface area contributed by atoms with E-state index in [1.165, 1.54) is 12.2 Å². The van der Waals surface area contributed by atoms with Crippen molar-refractivity contribution in [1.29, 1.82) is 0 Å². The lowest BCUT2D eigenvalue weighted by Gasteiger charge is -2.20. The summed E-state index contributed by atoms with van der Waals surface area (Å²) in [5.41, 5.74) is 1.99. The van der Waals surface area contributed by atoms with E-state index in [4.69, 9.17) is 4.74 Å².